The second-order valence-electron chi connectivity index (χ2n) is 6.57. The Morgan fingerprint density at radius 3 is 2.65 bits per heavy atom. The van der Waals surface area contributed by atoms with Gasteiger partial charge in [-0.1, -0.05) is 0 Å². The third kappa shape index (κ3) is 3.32. The van der Waals surface area contributed by atoms with E-state index in [0.717, 1.165) is 43.1 Å². The fourth-order valence-electron chi connectivity index (χ4n) is 3.19. The van der Waals surface area contributed by atoms with Crippen LogP contribution in [0.2, 0.25) is 0 Å². The minimum absolute atomic E-state index is 0.121. The predicted octanol–water partition coefficient (Wildman–Crippen LogP) is 3.05. The zero-order chi connectivity index (χ0) is 16.6. The number of thiophene rings is 1. The molecule has 1 aliphatic rings. The van der Waals surface area contributed by atoms with E-state index in [1.807, 2.05) is 20.8 Å². The maximum Gasteiger partial charge on any atom is 0.223 e. The Kier molecular flexibility index (Phi) is 4.53. The average Bonchev–Trinajstić information content (AvgIpc) is 2.87. The molecule has 1 amide bonds. The second-order valence-corrected chi connectivity index (χ2v) is 7.65. The van der Waals surface area contributed by atoms with Crippen molar-refractivity contribution in [2.24, 2.45) is 5.92 Å². The van der Waals surface area contributed by atoms with Gasteiger partial charge in [0.2, 0.25) is 5.91 Å². The number of carbonyl (C=O) groups is 1. The molecule has 0 bridgehead atoms. The molecule has 2 aromatic rings. The van der Waals surface area contributed by atoms with Gasteiger partial charge in [0.1, 0.15) is 11.6 Å². The van der Waals surface area contributed by atoms with Gasteiger partial charge in [-0.25, -0.2) is 9.97 Å². The molecule has 1 N–H and O–H groups in total. The Balaban J connectivity index is 1.78. The number of carbonyl (C=O) groups excluding carboxylic acids is 1. The number of piperidine rings is 1. The SMILES string of the molecule is Cc1nc(N2CCC(C(=O)NC(C)C)CC2)c2c(C)scc2n1. The summed E-state index contributed by atoms with van der Waals surface area (Å²) in [5.41, 5.74) is 1.04. The Hall–Kier alpha value is -1.69. The summed E-state index contributed by atoms with van der Waals surface area (Å²) < 4.78 is 0. The van der Waals surface area contributed by atoms with Crippen LogP contribution in [0.25, 0.3) is 10.9 Å². The summed E-state index contributed by atoms with van der Waals surface area (Å²) in [5.74, 6) is 2.16. The van der Waals surface area contributed by atoms with E-state index in [9.17, 15) is 4.79 Å². The molecule has 5 nitrogen and oxygen atoms in total. The van der Waals surface area contributed by atoms with Crippen LogP contribution in [-0.4, -0.2) is 35.0 Å². The summed E-state index contributed by atoms with van der Waals surface area (Å²) in [4.78, 5) is 25.0. The minimum Gasteiger partial charge on any atom is -0.356 e. The van der Waals surface area contributed by atoms with Gasteiger partial charge in [-0.2, -0.15) is 0 Å². The molecule has 0 aliphatic carbocycles. The van der Waals surface area contributed by atoms with Crippen molar-refractivity contribution in [2.45, 2.75) is 46.6 Å². The van der Waals surface area contributed by atoms with Crippen LogP contribution < -0.4 is 10.2 Å². The smallest absolute Gasteiger partial charge is 0.223 e. The van der Waals surface area contributed by atoms with Gasteiger partial charge in [0.05, 0.1) is 10.9 Å². The van der Waals surface area contributed by atoms with Gasteiger partial charge in [-0.15, -0.1) is 11.3 Å². The number of hydrogen-bond donors (Lipinski definition) is 1. The summed E-state index contributed by atoms with van der Waals surface area (Å²) >= 11 is 1.72. The molecule has 1 fully saturated rings. The fourth-order valence-corrected chi connectivity index (χ4v) is 3.96. The van der Waals surface area contributed by atoms with Crippen molar-refractivity contribution in [1.82, 2.24) is 15.3 Å². The van der Waals surface area contributed by atoms with E-state index >= 15 is 0 Å². The summed E-state index contributed by atoms with van der Waals surface area (Å²) in [6.07, 6.45) is 1.76. The number of aromatic nitrogens is 2. The molecule has 0 radical (unpaired) electrons. The first-order chi connectivity index (χ1) is 11.0. The molecule has 0 unspecified atom stereocenters. The Labute approximate surface area is 141 Å². The van der Waals surface area contributed by atoms with Gasteiger partial charge in [0, 0.05) is 35.3 Å². The lowest BCUT2D eigenvalue weighted by Gasteiger charge is -2.33. The van der Waals surface area contributed by atoms with Crippen LogP contribution in [0.4, 0.5) is 5.82 Å². The molecule has 1 aliphatic heterocycles. The first kappa shape index (κ1) is 16.2. The van der Waals surface area contributed by atoms with Crippen molar-refractivity contribution >= 4 is 34.0 Å². The van der Waals surface area contributed by atoms with E-state index in [1.165, 1.54) is 10.3 Å². The number of nitrogens with one attached hydrogen (secondary N) is 1. The molecular weight excluding hydrogens is 308 g/mol. The molecule has 1 saturated heterocycles. The number of rotatable bonds is 3. The number of anilines is 1. The molecule has 3 rings (SSSR count). The number of fused-ring (bicyclic) bond motifs is 1. The van der Waals surface area contributed by atoms with E-state index in [-0.39, 0.29) is 17.9 Å². The molecule has 0 spiro atoms. The largest absolute Gasteiger partial charge is 0.356 e. The molecule has 0 atom stereocenters. The Morgan fingerprint density at radius 2 is 2.00 bits per heavy atom. The van der Waals surface area contributed by atoms with Crippen LogP contribution in [0, 0.1) is 19.8 Å². The highest BCUT2D eigenvalue weighted by molar-refractivity contribution is 7.11. The van der Waals surface area contributed by atoms with E-state index < -0.39 is 0 Å². The van der Waals surface area contributed by atoms with Crippen LogP contribution in [0.15, 0.2) is 5.38 Å². The van der Waals surface area contributed by atoms with Crippen LogP contribution >= 0.6 is 11.3 Å². The van der Waals surface area contributed by atoms with Crippen molar-refractivity contribution in [3.8, 4) is 0 Å². The Bertz CT molecular complexity index is 717. The van der Waals surface area contributed by atoms with E-state index in [1.54, 1.807) is 11.3 Å². The van der Waals surface area contributed by atoms with Crippen molar-refractivity contribution in [3.05, 3.63) is 16.1 Å². The van der Waals surface area contributed by atoms with Crippen LogP contribution in [0.5, 0.6) is 0 Å². The molecule has 2 aromatic heterocycles. The molecule has 3 heterocycles. The number of hydrogen-bond acceptors (Lipinski definition) is 5. The lowest BCUT2D eigenvalue weighted by molar-refractivity contribution is -0.126. The standard InChI is InChI=1S/C17H24N4OS/c1-10(2)18-17(22)13-5-7-21(8-6-13)16-15-11(3)23-9-14(15)19-12(4)20-16/h9-10,13H,5-8H2,1-4H3,(H,18,22). The van der Waals surface area contributed by atoms with Gasteiger partial charge in [-0.3, -0.25) is 4.79 Å². The minimum atomic E-state index is 0.121. The van der Waals surface area contributed by atoms with Gasteiger partial charge in [0.15, 0.2) is 0 Å². The first-order valence-corrected chi connectivity index (χ1v) is 9.11. The highest BCUT2D eigenvalue weighted by Crippen LogP contribution is 2.33. The lowest BCUT2D eigenvalue weighted by atomic mass is 9.95. The van der Waals surface area contributed by atoms with Crippen molar-refractivity contribution < 1.29 is 4.79 Å². The van der Waals surface area contributed by atoms with Gasteiger partial charge in [0.25, 0.3) is 0 Å². The summed E-state index contributed by atoms with van der Waals surface area (Å²) in [6.45, 7) is 9.82. The Morgan fingerprint density at radius 1 is 1.30 bits per heavy atom. The molecule has 0 saturated carbocycles. The highest BCUT2D eigenvalue weighted by Gasteiger charge is 2.27. The third-order valence-electron chi connectivity index (χ3n) is 4.33. The quantitative estimate of drug-likeness (QED) is 0.938. The molecule has 6 heteroatoms. The molecule has 0 aromatic carbocycles. The number of nitrogens with zero attached hydrogens (tertiary/aromatic N) is 3. The van der Waals surface area contributed by atoms with Crippen molar-refractivity contribution in [1.29, 1.82) is 0 Å². The summed E-state index contributed by atoms with van der Waals surface area (Å²) in [5, 5.41) is 6.30. The van der Waals surface area contributed by atoms with E-state index in [2.05, 4.69) is 27.5 Å². The van der Waals surface area contributed by atoms with Gasteiger partial charge in [-0.05, 0) is 40.5 Å². The normalized spacial score (nSPS) is 16.3. The van der Waals surface area contributed by atoms with Gasteiger partial charge >= 0.3 is 0 Å². The first-order valence-electron chi connectivity index (χ1n) is 8.23. The second kappa shape index (κ2) is 6.43. The maximum absolute atomic E-state index is 12.2. The number of aryl methyl sites for hydroxylation is 2. The van der Waals surface area contributed by atoms with Crippen LogP contribution in [-0.2, 0) is 4.79 Å². The topological polar surface area (TPSA) is 58.1 Å². The monoisotopic (exact) mass is 332 g/mol. The maximum atomic E-state index is 12.2. The van der Waals surface area contributed by atoms with Crippen LogP contribution in [0.3, 0.4) is 0 Å². The lowest BCUT2D eigenvalue weighted by Crippen LogP contribution is -2.42. The van der Waals surface area contributed by atoms with Crippen molar-refractivity contribution in [2.75, 3.05) is 18.0 Å². The molecule has 23 heavy (non-hydrogen) atoms. The highest BCUT2D eigenvalue weighted by atomic mass is 32.1. The third-order valence-corrected chi connectivity index (χ3v) is 5.22. The predicted molar refractivity (Wildman–Crippen MR) is 95.1 cm³/mol. The average molecular weight is 332 g/mol. The number of amides is 1. The zero-order valence-corrected chi connectivity index (χ0v) is 15.0. The van der Waals surface area contributed by atoms with Gasteiger partial charge < -0.3 is 10.2 Å². The zero-order valence-electron chi connectivity index (χ0n) is 14.2. The summed E-state index contributed by atoms with van der Waals surface area (Å²) in [6, 6.07) is 0.207. The van der Waals surface area contributed by atoms with Crippen molar-refractivity contribution in [3.63, 3.8) is 0 Å². The summed E-state index contributed by atoms with van der Waals surface area (Å²) in [7, 11) is 0. The molecular formula is C17H24N4OS. The van der Waals surface area contributed by atoms with E-state index in [4.69, 9.17) is 4.98 Å². The van der Waals surface area contributed by atoms with Crippen LogP contribution in [0.1, 0.15) is 37.4 Å². The van der Waals surface area contributed by atoms with E-state index in [0.29, 0.717) is 0 Å². The molecule has 124 valence electrons. The fraction of sp³-hybridized carbons (Fsp3) is 0.588.